The number of thiazole rings is 1. The number of rotatable bonds is 1. The van der Waals surface area contributed by atoms with Crippen LogP contribution in [-0.4, -0.2) is 39.8 Å². The van der Waals surface area contributed by atoms with Crippen LogP contribution in [0.4, 0.5) is 0 Å². The van der Waals surface area contributed by atoms with Crippen molar-refractivity contribution in [2.75, 3.05) is 18.8 Å². The molecule has 1 fully saturated rings. The number of aromatic nitrogens is 1. The standard InChI is InChI=1S/C15H15N3OS2/c19-13-9-20-15(17-13)18-7-5-10(6-8-18)14-16-11-3-1-2-4-12(11)21-14/h1-4,10H,5-9H2. The molecule has 1 aromatic carbocycles. The van der Waals surface area contributed by atoms with E-state index in [-0.39, 0.29) is 5.91 Å². The second-order valence-corrected chi connectivity index (χ2v) is 7.36. The minimum absolute atomic E-state index is 0.00305. The molecule has 21 heavy (non-hydrogen) atoms. The highest BCUT2D eigenvalue weighted by Gasteiger charge is 2.27. The molecule has 3 heterocycles. The number of nitrogens with zero attached hydrogens (tertiary/aromatic N) is 3. The molecule has 4 nitrogen and oxygen atoms in total. The largest absolute Gasteiger partial charge is 0.351 e. The summed E-state index contributed by atoms with van der Waals surface area (Å²) < 4.78 is 1.27. The third-order valence-electron chi connectivity index (χ3n) is 3.97. The molecule has 0 unspecified atom stereocenters. The Kier molecular flexibility index (Phi) is 3.43. The minimum Gasteiger partial charge on any atom is -0.351 e. The van der Waals surface area contributed by atoms with Gasteiger partial charge in [-0.2, -0.15) is 4.99 Å². The number of fused-ring (bicyclic) bond motifs is 1. The van der Waals surface area contributed by atoms with Crippen LogP contribution in [0, 0.1) is 0 Å². The molecular weight excluding hydrogens is 302 g/mol. The van der Waals surface area contributed by atoms with E-state index in [0.717, 1.165) is 36.6 Å². The lowest BCUT2D eigenvalue weighted by atomic mass is 9.98. The van der Waals surface area contributed by atoms with Gasteiger partial charge in [-0.3, -0.25) is 4.79 Å². The van der Waals surface area contributed by atoms with Gasteiger partial charge in [0.25, 0.3) is 5.91 Å². The molecule has 1 saturated heterocycles. The zero-order valence-electron chi connectivity index (χ0n) is 11.5. The molecule has 2 aromatic rings. The molecule has 4 rings (SSSR count). The topological polar surface area (TPSA) is 45.6 Å². The van der Waals surface area contributed by atoms with E-state index in [2.05, 4.69) is 28.1 Å². The number of piperidine rings is 1. The molecule has 0 saturated carbocycles. The number of thioether (sulfide) groups is 1. The number of aliphatic imine (C=N–C) groups is 1. The summed E-state index contributed by atoms with van der Waals surface area (Å²) in [6, 6.07) is 8.33. The number of carbonyl (C=O) groups is 1. The minimum atomic E-state index is 0.00305. The summed E-state index contributed by atoms with van der Waals surface area (Å²) in [6.07, 6.45) is 2.18. The average Bonchev–Trinajstić information content (AvgIpc) is 3.13. The molecule has 6 heteroatoms. The number of amides is 1. The highest BCUT2D eigenvalue weighted by Crippen LogP contribution is 2.34. The Labute approximate surface area is 131 Å². The first-order valence-corrected chi connectivity index (χ1v) is 8.94. The van der Waals surface area contributed by atoms with Gasteiger partial charge in [-0.15, -0.1) is 11.3 Å². The second kappa shape index (κ2) is 5.42. The number of hydrogen-bond acceptors (Lipinski definition) is 5. The second-order valence-electron chi connectivity index (χ2n) is 5.36. The van der Waals surface area contributed by atoms with E-state index in [4.69, 9.17) is 4.98 Å². The Bertz CT molecular complexity index is 684. The van der Waals surface area contributed by atoms with Crippen molar-refractivity contribution in [2.24, 2.45) is 4.99 Å². The summed E-state index contributed by atoms with van der Waals surface area (Å²) >= 11 is 3.39. The van der Waals surface area contributed by atoms with Gasteiger partial charge in [0.15, 0.2) is 5.17 Å². The summed E-state index contributed by atoms with van der Waals surface area (Å²) in [7, 11) is 0. The fraction of sp³-hybridized carbons (Fsp3) is 0.400. The fourth-order valence-electron chi connectivity index (χ4n) is 2.84. The Hall–Kier alpha value is -1.40. The smallest absolute Gasteiger partial charge is 0.258 e. The number of amidine groups is 1. The molecule has 0 atom stereocenters. The van der Waals surface area contributed by atoms with Gasteiger partial charge in [-0.1, -0.05) is 23.9 Å². The number of para-hydroxylation sites is 1. The molecule has 0 N–H and O–H groups in total. The first-order valence-electron chi connectivity index (χ1n) is 7.14. The van der Waals surface area contributed by atoms with Gasteiger partial charge in [-0.25, -0.2) is 4.98 Å². The van der Waals surface area contributed by atoms with Gasteiger partial charge in [0.2, 0.25) is 0 Å². The monoisotopic (exact) mass is 317 g/mol. The van der Waals surface area contributed by atoms with Crippen molar-refractivity contribution < 1.29 is 4.79 Å². The predicted octanol–water partition coefficient (Wildman–Crippen LogP) is 3.11. The van der Waals surface area contributed by atoms with Gasteiger partial charge < -0.3 is 4.90 Å². The molecular formula is C15H15N3OS2. The number of benzene rings is 1. The van der Waals surface area contributed by atoms with E-state index in [1.165, 1.54) is 9.71 Å². The number of carbonyl (C=O) groups excluding carboxylic acids is 1. The van der Waals surface area contributed by atoms with E-state index in [0.29, 0.717) is 11.7 Å². The van der Waals surface area contributed by atoms with Gasteiger partial charge >= 0.3 is 0 Å². The van der Waals surface area contributed by atoms with Crippen LogP contribution in [0.15, 0.2) is 29.3 Å². The molecule has 108 valence electrons. The maximum absolute atomic E-state index is 11.2. The van der Waals surface area contributed by atoms with Crippen molar-refractivity contribution in [3.8, 4) is 0 Å². The summed E-state index contributed by atoms with van der Waals surface area (Å²) in [6.45, 7) is 1.94. The van der Waals surface area contributed by atoms with Crippen molar-refractivity contribution in [2.45, 2.75) is 18.8 Å². The van der Waals surface area contributed by atoms with E-state index in [1.54, 1.807) is 11.8 Å². The fourth-order valence-corrected chi connectivity index (χ4v) is 4.83. The molecule has 0 radical (unpaired) electrons. The van der Waals surface area contributed by atoms with Crippen molar-refractivity contribution in [3.63, 3.8) is 0 Å². The van der Waals surface area contributed by atoms with Crippen LogP contribution >= 0.6 is 23.1 Å². The van der Waals surface area contributed by atoms with Crippen LogP contribution in [0.3, 0.4) is 0 Å². The van der Waals surface area contributed by atoms with Crippen molar-refractivity contribution in [1.29, 1.82) is 0 Å². The Morgan fingerprint density at radius 2 is 2.00 bits per heavy atom. The molecule has 0 spiro atoms. The highest BCUT2D eigenvalue weighted by molar-refractivity contribution is 8.14. The lowest BCUT2D eigenvalue weighted by molar-refractivity contribution is -0.115. The summed E-state index contributed by atoms with van der Waals surface area (Å²) in [5.74, 6) is 1.05. The van der Waals surface area contributed by atoms with Crippen LogP contribution in [0.1, 0.15) is 23.8 Å². The van der Waals surface area contributed by atoms with E-state index >= 15 is 0 Å². The molecule has 0 aliphatic carbocycles. The third-order valence-corrected chi connectivity index (χ3v) is 6.17. The zero-order chi connectivity index (χ0) is 14.2. The highest BCUT2D eigenvalue weighted by atomic mass is 32.2. The Balaban J connectivity index is 1.47. The summed E-state index contributed by atoms with van der Waals surface area (Å²) in [5, 5.41) is 2.18. The van der Waals surface area contributed by atoms with E-state index in [9.17, 15) is 4.79 Å². The molecule has 0 bridgehead atoms. The molecule has 2 aliphatic heterocycles. The van der Waals surface area contributed by atoms with Crippen LogP contribution in [0.25, 0.3) is 10.2 Å². The van der Waals surface area contributed by atoms with Crippen molar-refractivity contribution >= 4 is 44.4 Å². The third kappa shape index (κ3) is 2.58. The van der Waals surface area contributed by atoms with Crippen LogP contribution < -0.4 is 0 Å². The first-order chi connectivity index (χ1) is 10.3. The molecule has 1 aromatic heterocycles. The Morgan fingerprint density at radius 1 is 1.19 bits per heavy atom. The van der Waals surface area contributed by atoms with Crippen LogP contribution in [-0.2, 0) is 4.79 Å². The lowest BCUT2D eigenvalue weighted by Crippen LogP contribution is -2.35. The maximum atomic E-state index is 11.2. The molecule has 2 aliphatic rings. The number of likely N-dealkylation sites (tertiary alicyclic amines) is 1. The average molecular weight is 317 g/mol. The molecule has 1 amide bonds. The Morgan fingerprint density at radius 3 is 2.71 bits per heavy atom. The zero-order valence-corrected chi connectivity index (χ0v) is 13.1. The van der Waals surface area contributed by atoms with E-state index < -0.39 is 0 Å². The van der Waals surface area contributed by atoms with Gasteiger partial charge in [0.1, 0.15) is 0 Å². The first kappa shape index (κ1) is 13.3. The number of hydrogen-bond donors (Lipinski definition) is 0. The van der Waals surface area contributed by atoms with Crippen LogP contribution in [0.5, 0.6) is 0 Å². The SMILES string of the molecule is O=C1CSC(N2CCC(c3nc4ccccc4s3)CC2)=N1. The quantitative estimate of drug-likeness (QED) is 0.811. The summed E-state index contributed by atoms with van der Waals surface area (Å²) in [5.41, 5.74) is 1.11. The lowest BCUT2D eigenvalue weighted by Gasteiger charge is -2.31. The predicted molar refractivity (Wildman–Crippen MR) is 88.1 cm³/mol. The maximum Gasteiger partial charge on any atom is 0.258 e. The van der Waals surface area contributed by atoms with Gasteiger partial charge in [-0.05, 0) is 25.0 Å². The van der Waals surface area contributed by atoms with Crippen LogP contribution in [0.2, 0.25) is 0 Å². The van der Waals surface area contributed by atoms with Gasteiger partial charge in [0, 0.05) is 19.0 Å². The van der Waals surface area contributed by atoms with E-state index in [1.807, 2.05) is 17.4 Å². The van der Waals surface area contributed by atoms with Crippen molar-refractivity contribution in [3.05, 3.63) is 29.3 Å². The normalized spacial score (nSPS) is 20.3. The van der Waals surface area contributed by atoms with Gasteiger partial charge in [0.05, 0.1) is 21.0 Å². The van der Waals surface area contributed by atoms with Crippen molar-refractivity contribution in [1.82, 2.24) is 9.88 Å². The summed E-state index contributed by atoms with van der Waals surface area (Å²) in [4.78, 5) is 22.4.